The van der Waals surface area contributed by atoms with Crippen LogP contribution in [0.15, 0.2) is 23.2 Å². The monoisotopic (exact) mass is 426 g/mol. The van der Waals surface area contributed by atoms with Gasteiger partial charge in [-0.25, -0.2) is 0 Å². The van der Waals surface area contributed by atoms with Crippen LogP contribution in [0.4, 0.5) is 13.2 Å². The molecule has 1 aromatic rings. The van der Waals surface area contributed by atoms with E-state index in [4.69, 9.17) is 26.7 Å². The van der Waals surface area contributed by atoms with E-state index in [-0.39, 0.29) is 5.41 Å². The molecule has 3 aliphatic rings. The van der Waals surface area contributed by atoms with Gasteiger partial charge in [0.15, 0.2) is 5.66 Å². The summed E-state index contributed by atoms with van der Waals surface area (Å²) in [7, 11) is 0. The van der Waals surface area contributed by atoms with Crippen LogP contribution in [-0.4, -0.2) is 36.7 Å². The van der Waals surface area contributed by atoms with E-state index in [2.05, 4.69) is 5.32 Å². The number of aliphatic imine (C=N–C) groups is 1. The minimum absolute atomic E-state index is 0.253. The predicted octanol–water partition coefficient (Wildman–Crippen LogP) is 4.69. The molecule has 0 radical (unpaired) electrons. The number of nitrogens with zero attached hydrogens (tertiary/aromatic N) is 1. The number of alkyl halides is 3. The van der Waals surface area contributed by atoms with Gasteiger partial charge in [-0.3, -0.25) is 9.38 Å². The molecule has 0 saturated heterocycles. The number of thiocarbonyl (C=S) groups is 1. The van der Waals surface area contributed by atoms with E-state index in [0.717, 1.165) is 23.3 Å². The molecule has 1 N–H and O–H groups in total. The molecule has 1 aromatic carbocycles. The van der Waals surface area contributed by atoms with E-state index in [1.54, 1.807) is 0 Å². The lowest BCUT2D eigenvalue weighted by molar-refractivity contribution is -0.177. The van der Waals surface area contributed by atoms with Crippen LogP contribution < -0.4 is 10.1 Å². The van der Waals surface area contributed by atoms with Gasteiger partial charge in [-0.05, 0) is 56.7 Å². The summed E-state index contributed by atoms with van der Waals surface area (Å²) < 4.78 is 48.2. The van der Waals surface area contributed by atoms with Crippen LogP contribution in [0.1, 0.15) is 50.2 Å². The van der Waals surface area contributed by atoms with Crippen molar-refractivity contribution in [1.29, 1.82) is 0 Å². The van der Waals surface area contributed by atoms with Crippen LogP contribution in [0.25, 0.3) is 0 Å². The summed E-state index contributed by atoms with van der Waals surface area (Å²) in [5, 5.41) is 3.47. The molecule has 0 aromatic heterocycles. The zero-order valence-corrected chi connectivity index (χ0v) is 17.2. The molecule has 1 fully saturated rings. The third-order valence-electron chi connectivity index (χ3n) is 6.46. The SMILES string of the molecule is CC1=NC2(NC1=S)c1cc(OCCCF)ccc1CC21CCC(OC(F)F)CC1. The topological polar surface area (TPSA) is 42.9 Å². The third-order valence-corrected chi connectivity index (χ3v) is 6.86. The highest BCUT2D eigenvalue weighted by molar-refractivity contribution is 7.82. The summed E-state index contributed by atoms with van der Waals surface area (Å²) in [5.74, 6) is 0.677. The first kappa shape index (κ1) is 20.6. The summed E-state index contributed by atoms with van der Waals surface area (Å²) >= 11 is 5.49. The first-order valence-electron chi connectivity index (χ1n) is 10.0. The van der Waals surface area contributed by atoms with Gasteiger partial charge in [0.25, 0.3) is 0 Å². The minimum atomic E-state index is -2.75. The molecule has 2 aliphatic carbocycles. The van der Waals surface area contributed by atoms with Gasteiger partial charge in [0.1, 0.15) is 10.7 Å². The van der Waals surface area contributed by atoms with Crippen LogP contribution >= 0.6 is 12.2 Å². The number of benzene rings is 1. The zero-order valence-electron chi connectivity index (χ0n) is 16.3. The Morgan fingerprint density at radius 1 is 1.31 bits per heavy atom. The highest BCUT2D eigenvalue weighted by Gasteiger charge is 2.61. The number of ether oxygens (including phenoxy) is 2. The molecule has 0 bridgehead atoms. The fourth-order valence-corrected chi connectivity index (χ4v) is 5.28. The maximum atomic E-state index is 12.7. The summed E-state index contributed by atoms with van der Waals surface area (Å²) in [5.41, 5.74) is 1.99. The van der Waals surface area contributed by atoms with Crippen molar-refractivity contribution in [3.05, 3.63) is 29.3 Å². The highest BCUT2D eigenvalue weighted by Crippen LogP contribution is 2.60. The quantitative estimate of drug-likeness (QED) is 0.529. The molecule has 0 amide bonds. The lowest BCUT2D eigenvalue weighted by Gasteiger charge is -2.46. The Hall–Kier alpha value is -1.67. The Kier molecular flexibility index (Phi) is 5.59. The van der Waals surface area contributed by atoms with Crippen molar-refractivity contribution in [1.82, 2.24) is 5.32 Å². The van der Waals surface area contributed by atoms with E-state index in [1.165, 1.54) is 0 Å². The Morgan fingerprint density at radius 2 is 2.07 bits per heavy atom. The van der Waals surface area contributed by atoms with Crippen molar-refractivity contribution in [2.45, 2.75) is 63.8 Å². The molecular weight excluding hydrogens is 401 g/mol. The first-order chi connectivity index (χ1) is 13.9. The summed E-state index contributed by atoms with van der Waals surface area (Å²) in [6.45, 7) is -0.957. The van der Waals surface area contributed by atoms with Crippen LogP contribution in [0.3, 0.4) is 0 Å². The van der Waals surface area contributed by atoms with Crippen LogP contribution in [0.5, 0.6) is 5.75 Å². The molecule has 158 valence electrons. The Morgan fingerprint density at radius 3 is 2.69 bits per heavy atom. The van der Waals surface area contributed by atoms with E-state index in [9.17, 15) is 13.2 Å². The van der Waals surface area contributed by atoms with Crippen LogP contribution in [0.2, 0.25) is 0 Å². The van der Waals surface area contributed by atoms with Crippen LogP contribution in [-0.2, 0) is 16.8 Å². The number of rotatable bonds is 6. The van der Waals surface area contributed by atoms with E-state index in [0.29, 0.717) is 49.4 Å². The molecule has 4 nitrogen and oxygen atoms in total. The Balaban J connectivity index is 1.66. The number of nitrogens with one attached hydrogen (secondary N) is 1. The van der Waals surface area contributed by atoms with Gasteiger partial charge in [-0.15, -0.1) is 0 Å². The number of halogens is 3. The van der Waals surface area contributed by atoms with Crippen molar-refractivity contribution >= 4 is 22.9 Å². The van der Waals surface area contributed by atoms with Gasteiger partial charge in [0, 0.05) is 17.4 Å². The average molecular weight is 427 g/mol. The van der Waals surface area contributed by atoms with Crippen molar-refractivity contribution < 1.29 is 22.6 Å². The summed E-state index contributed by atoms with van der Waals surface area (Å²) in [6.07, 6.45) is 3.25. The maximum Gasteiger partial charge on any atom is 0.345 e. The van der Waals surface area contributed by atoms with Gasteiger partial charge >= 0.3 is 6.61 Å². The van der Waals surface area contributed by atoms with Crippen LogP contribution in [0, 0.1) is 5.41 Å². The molecular formula is C21H25F3N2O2S. The smallest absolute Gasteiger partial charge is 0.345 e. The molecule has 8 heteroatoms. The van der Waals surface area contributed by atoms with Gasteiger partial charge < -0.3 is 14.8 Å². The van der Waals surface area contributed by atoms with E-state index >= 15 is 0 Å². The van der Waals surface area contributed by atoms with Crippen molar-refractivity contribution in [2.75, 3.05) is 13.3 Å². The molecule has 1 aliphatic heterocycles. The molecule has 29 heavy (non-hydrogen) atoms. The maximum absolute atomic E-state index is 12.7. The zero-order chi connectivity index (χ0) is 20.6. The second-order valence-corrected chi connectivity index (χ2v) is 8.53. The van der Waals surface area contributed by atoms with Gasteiger partial charge in [-0.2, -0.15) is 8.78 Å². The Bertz CT molecular complexity index is 824. The number of hydrogen-bond donors (Lipinski definition) is 1. The molecule has 2 spiro atoms. The summed E-state index contributed by atoms with van der Waals surface area (Å²) in [6, 6.07) is 5.91. The first-order valence-corrected chi connectivity index (χ1v) is 10.4. The number of fused-ring (bicyclic) bond motifs is 3. The average Bonchev–Trinajstić information content (AvgIpc) is 3.12. The fraction of sp³-hybridized carbons (Fsp3) is 0.619. The minimum Gasteiger partial charge on any atom is -0.493 e. The molecule has 4 rings (SSSR count). The second kappa shape index (κ2) is 7.87. The Labute approximate surface area is 173 Å². The molecule has 1 unspecified atom stereocenters. The van der Waals surface area contributed by atoms with Crippen molar-refractivity contribution in [2.24, 2.45) is 10.4 Å². The second-order valence-electron chi connectivity index (χ2n) is 8.12. The summed E-state index contributed by atoms with van der Waals surface area (Å²) in [4.78, 5) is 5.62. The largest absolute Gasteiger partial charge is 0.493 e. The fourth-order valence-electron chi connectivity index (χ4n) is 5.09. The van der Waals surface area contributed by atoms with Gasteiger partial charge in [0.2, 0.25) is 0 Å². The molecule has 1 atom stereocenters. The van der Waals surface area contributed by atoms with Crippen molar-refractivity contribution in [3.8, 4) is 5.75 Å². The third kappa shape index (κ3) is 3.54. The lowest BCUT2D eigenvalue weighted by atomic mass is 9.65. The number of hydrogen-bond acceptors (Lipinski definition) is 4. The molecule has 1 saturated carbocycles. The van der Waals surface area contributed by atoms with Gasteiger partial charge in [-0.1, -0.05) is 18.3 Å². The lowest BCUT2D eigenvalue weighted by Crippen LogP contribution is -2.52. The van der Waals surface area contributed by atoms with E-state index < -0.39 is 25.1 Å². The standard InChI is InChI=1S/C21H25F3N2O2S/c1-13-18(29)26-21(25-13)17-11-16(27-10-2-9-22)4-3-14(17)12-20(21)7-5-15(6-8-20)28-19(23)24/h3-4,11,15,19H,2,5-10,12H2,1H3,(H,26,29). The van der Waals surface area contributed by atoms with Crippen molar-refractivity contribution in [3.63, 3.8) is 0 Å². The molecule has 1 heterocycles. The normalized spacial score (nSPS) is 30.7. The van der Waals surface area contributed by atoms with E-state index in [1.807, 2.05) is 25.1 Å². The highest BCUT2D eigenvalue weighted by atomic mass is 32.1. The predicted molar refractivity (Wildman–Crippen MR) is 109 cm³/mol. The van der Waals surface area contributed by atoms with Gasteiger partial charge in [0.05, 0.1) is 25.1 Å².